The Morgan fingerprint density at radius 2 is 1.71 bits per heavy atom. The highest BCUT2D eigenvalue weighted by Gasteiger charge is 2.10. The van der Waals surface area contributed by atoms with Gasteiger partial charge in [0.2, 0.25) is 5.43 Å². The van der Waals surface area contributed by atoms with Gasteiger partial charge in [0.05, 0.1) is 0 Å². The van der Waals surface area contributed by atoms with Crippen LogP contribution in [0.25, 0.3) is 10.9 Å². The summed E-state index contributed by atoms with van der Waals surface area (Å²) in [7, 11) is 0. The van der Waals surface area contributed by atoms with Crippen LogP contribution in [0, 0.1) is 6.92 Å². The van der Waals surface area contributed by atoms with Gasteiger partial charge in [0.15, 0.2) is 0 Å². The molecule has 2 aromatic rings. The summed E-state index contributed by atoms with van der Waals surface area (Å²) in [6.07, 6.45) is 2.70. The zero-order valence-electron chi connectivity index (χ0n) is 11.7. The molecule has 0 bridgehead atoms. The van der Waals surface area contributed by atoms with Gasteiger partial charge in [0.25, 0.3) is 0 Å². The van der Waals surface area contributed by atoms with E-state index in [2.05, 4.69) is 16.6 Å². The van der Waals surface area contributed by atoms with Crippen molar-refractivity contribution >= 4 is 42.1 Å². The average Bonchev–Trinajstić information content (AvgIpc) is 2.54. The van der Waals surface area contributed by atoms with Gasteiger partial charge in [0, 0.05) is 23.5 Å². The smallest absolute Gasteiger partial charge is 0.341 e. The lowest BCUT2D eigenvalue weighted by Gasteiger charge is -2.00. The standard InChI is InChI=1S/C11H9NO3.CH3Cl.2CH2O/c1-6-2-3-9-7(4-6)10(13)8(5-12-9)11(14)15;3*1-2/h2-5H,1H3,(H,12,13)(H,14,15);1H3;2*1H2. The van der Waals surface area contributed by atoms with Crippen LogP contribution in [-0.4, -0.2) is 36.0 Å². The summed E-state index contributed by atoms with van der Waals surface area (Å²) in [5, 5.41) is 9.19. The van der Waals surface area contributed by atoms with Crippen LogP contribution in [0.3, 0.4) is 0 Å². The van der Waals surface area contributed by atoms with Gasteiger partial charge in [0.1, 0.15) is 19.1 Å². The van der Waals surface area contributed by atoms with E-state index in [4.69, 9.17) is 14.7 Å². The van der Waals surface area contributed by atoms with E-state index < -0.39 is 11.4 Å². The fourth-order valence-corrected chi connectivity index (χ4v) is 1.49. The van der Waals surface area contributed by atoms with Crippen molar-refractivity contribution in [3.63, 3.8) is 0 Å². The molecule has 21 heavy (non-hydrogen) atoms. The van der Waals surface area contributed by atoms with E-state index in [0.717, 1.165) is 5.56 Å². The number of carboxylic acid groups (broad SMARTS) is 1. The van der Waals surface area contributed by atoms with Crippen molar-refractivity contribution in [1.29, 1.82) is 0 Å². The number of halogens is 1. The molecule has 1 aromatic carbocycles. The van der Waals surface area contributed by atoms with Gasteiger partial charge in [-0.05, 0) is 19.1 Å². The summed E-state index contributed by atoms with van der Waals surface area (Å²) in [5.74, 6) is -1.21. The summed E-state index contributed by atoms with van der Waals surface area (Å²) in [6.45, 7) is 5.85. The highest BCUT2D eigenvalue weighted by atomic mass is 35.5. The fraction of sp³-hybridized carbons (Fsp3) is 0.143. The number of rotatable bonds is 1. The number of aryl methyl sites for hydroxylation is 1. The molecule has 0 fully saturated rings. The number of alkyl halides is 1. The first-order chi connectivity index (χ1) is 10.1. The molecule has 0 radical (unpaired) electrons. The quantitative estimate of drug-likeness (QED) is 0.784. The van der Waals surface area contributed by atoms with Crippen molar-refractivity contribution in [3.05, 3.63) is 45.7 Å². The molecular formula is C14H16ClNO5. The Morgan fingerprint density at radius 1 is 1.19 bits per heavy atom. The molecule has 0 aliphatic rings. The van der Waals surface area contributed by atoms with E-state index in [1.807, 2.05) is 26.6 Å². The Hall–Kier alpha value is -2.47. The summed E-state index contributed by atoms with van der Waals surface area (Å²) < 4.78 is 0. The number of H-pyrrole nitrogens is 1. The molecule has 1 aromatic heterocycles. The largest absolute Gasteiger partial charge is 0.477 e. The van der Waals surface area contributed by atoms with Crippen LogP contribution in [0.4, 0.5) is 0 Å². The van der Waals surface area contributed by atoms with Crippen LogP contribution in [0.15, 0.2) is 29.2 Å². The van der Waals surface area contributed by atoms with Crippen molar-refractivity contribution in [2.45, 2.75) is 6.92 Å². The van der Waals surface area contributed by atoms with Crippen LogP contribution in [-0.2, 0) is 9.59 Å². The normalized spacial score (nSPS) is 8.14. The maximum absolute atomic E-state index is 11.7. The third-order valence-electron chi connectivity index (χ3n) is 2.27. The second-order valence-electron chi connectivity index (χ2n) is 3.39. The zero-order chi connectivity index (χ0) is 17.0. The first-order valence-electron chi connectivity index (χ1n) is 5.40. The lowest BCUT2D eigenvalue weighted by Crippen LogP contribution is -2.15. The minimum atomic E-state index is -1.21. The van der Waals surface area contributed by atoms with Crippen molar-refractivity contribution in [2.24, 2.45) is 0 Å². The first kappa shape index (κ1) is 20.8. The van der Waals surface area contributed by atoms with E-state index in [0.29, 0.717) is 10.9 Å². The second kappa shape index (κ2) is 11.4. The average molecular weight is 314 g/mol. The molecular weight excluding hydrogens is 298 g/mol. The molecule has 2 rings (SSSR count). The van der Waals surface area contributed by atoms with Crippen LogP contribution in [0.5, 0.6) is 0 Å². The number of hydrogen-bond acceptors (Lipinski definition) is 4. The second-order valence-corrected chi connectivity index (χ2v) is 3.39. The number of benzene rings is 1. The number of carboxylic acids is 1. The van der Waals surface area contributed by atoms with Crippen molar-refractivity contribution in [2.75, 3.05) is 6.38 Å². The van der Waals surface area contributed by atoms with Gasteiger partial charge >= 0.3 is 5.97 Å². The van der Waals surface area contributed by atoms with Crippen LogP contribution in [0.1, 0.15) is 15.9 Å². The summed E-state index contributed by atoms with van der Waals surface area (Å²) in [5.41, 5.74) is 0.902. The van der Waals surface area contributed by atoms with Crippen LogP contribution < -0.4 is 5.43 Å². The van der Waals surface area contributed by atoms with Gasteiger partial charge in [-0.2, -0.15) is 0 Å². The molecule has 0 amide bonds. The van der Waals surface area contributed by atoms with E-state index >= 15 is 0 Å². The Kier molecular flexibility index (Phi) is 11.3. The third-order valence-corrected chi connectivity index (χ3v) is 2.27. The van der Waals surface area contributed by atoms with Crippen molar-refractivity contribution < 1.29 is 19.5 Å². The molecule has 0 aliphatic heterocycles. The molecule has 0 unspecified atom stereocenters. The monoisotopic (exact) mass is 313 g/mol. The number of hydrogen-bond donors (Lipinski definition) is 2. The van der Waals surface area contributed by atoms with Gasteiger partial charge in [-0.25, -0.2) is 4.79 Å². The lowest BCUT2D eigenvalue weighted by atomic mass is 10.1. The van der Waals surface area contributed by atoms with E-state index in [1.165, 1.54) is 12.6 Å². The minimum absolute atomic E-state index is 0.229. The fourth-order valence-electron chi connectivity index (χ4n) is 1.49. The Bertz CT molecular complexity index is 637. The zero-order valence-corrected chi connectivity index (χ0v) is 12.4. The predicted octanol–water partition coefficient (Wildman–Crippen LogP) is 2.02. The minimum Gasteiger partial charge on any atom is -0.477 e. The highest BCUT2D eigenvalue weighted by Crippen LogP contribution is 2.10. The molecule has 0 aliphatic carbocycles. The van der Waals surface area contributed by atoms with Crippen molar-refractivity contribution in [3.8, 4) is 0 Å². The Morgan fingerprint density at radius 3 is 2.19 bits per heavy atom. The van der Waals surface area contributed by atoms with Crippen molar-refractivity contribution in [1.82, 2.24) is 4.98 Å². The Labute approximate surface area is 126 Å². The number of pyridine rings is 1. The predicted molar refractivity (Wildman–Crippen MR) is 82.3 cm³/mol. The number of aromatic amines is 1. The molecule has 0 spiro atoms. The SMILES string of the molecule is C=O.C=O.CCl.Cc1ccc2[nH]cc(C(=O)O)c(=O)c2c1. The maximum Gasteiger partial charge on any atom is 0.341 e. The molecule has 2 N–H and O–H groups in total. The van der Waals surface area contributed by atoms with Crippen LogP contribution >= 0.6 is 11.6 Å². The number of aromatic carboxylic acids is 1. The number of carbonyl (C=O) groups excluding carboxylic acids is 2. The molecule has 1 heterocycles. The third kappa shape index (κ3) is 5.58. The molecule has 114 valence electrons. The topological polar surface area (TPSA) is 104 Å². The first-order valence-corrected chi connectivity index (χ1v) is 6.16. The number of aromatic nitrogens is 1. The van der Waals surface area contributed by atoms with E-state index in [9.17, 15) is 9.59 Å². The summed E-state index contributed by atoms with van der Waals surface area (Å²) in [6, 6.07) is 5.30. The van der Waals surface area contributed by atoms with Gasteiger partial charge in [-0.3, -0.25) is 4.79 Å². The van der Waals surface area contributed by atoms with Gasteiger partial charge < -0.3 is 19.7 Å². The van der Waals surface area contributed by atoms with Gasteiger partial charge in [-0.15, -0.1) is 11.6 Å². The van der Waals surface area contributed by atoms with E-state index in [1.54, 1.807) is 12.1 Å². The molecule has 6 nitrogen and oxygen atoms in total. The van der Waals surface area contributed by atoms with E-state index in [-0.39, 0.29) is 5.56 Å². The highest BCUT2D eigenvalue weighted by molar-refractivity contribution is 6.15. The number of fused-ring (bicyclic) bond motifs is 1. The molecule has 0 atom stereocenters. The maximum atomic E-state index is 11.7. The Balaban J connectivity index is 0. The molecule has 0 saturated carbocycles. The lowest BCUT2D eigenvalue weighted by molar-refractivity contribution is -0.0987. The van der Waals surface area contributed by atoms with Crippen LogP contribution in [0.2, 0.25) is 0 Å². The molecule has 0 saturated heterocycles. The van der Waals surface area contributed by atoms with Gasteiger partial charge in [-0.1, -0.05) is 11.6 Å². The number of nitrogens with one attached hydrogen (secondary N) is 1. The summed E-state index contributed by atoms with van der Waals surface area (Å²) >= 11 is 4.64. The molecule has 7 heteroatoms. The number of carbonyl (C=O) groups is 3. The summed E-state index contributed by atoms with van der Waals surface area (Å²) in [4.78, 5) is 41.2.